The molecule has 1 unspecified atom stereocenters. The molecule has 0 aliphatic heterocycles. The number of rotatable bonds is 4. The summed E-state index contributed by atoms with van der Waals surface area (Å²) in [6.45, 7) is 2.30. The second-order valence-electron chi connectivity index (χ2n) is 4.18. The molecule has 1 saturated carbocycles. The number of thiophene rings is 1. The van der Waals surface area contributed by atoms with Crippen molar-refractivity contribution in [3.05, 3.63) is 22.4 Å². The molecule has 1 heterocycles. The first kappa shape index (κ1) is 9.22. The fourth-order valence-corrected chi connectivity index (χ4v) is 2.70. The van der Waals surface area contributed by atoms with E-state index in [4.69, 9.17) is 0 Å². The van der Waals surface area contributed by atoms with E-state index in [1.165, 1.54) is 24.8 Å². The van der Waals surface area contributed by atoms with Gasteiger partial charge in [0.25, 0.3) is 0 Å². The van der Waals surface area contributed by atoms with E-state index in [1.54, 1.807) is 11.3 Å². The number of nitrogens with one attached hydrogen (secondary N) is 1. The fourth-order valence-electron chi connectivity index (χ4n) is 2.03. The average molecular weight is 195 g/mol. The van der Waals surface area contributed by atoms with E-state index in [2.05, 4.69) is 36.1 Å². The molecule has 72 valence electrons. The first-order valence-electron chi connectivity index (χ1n) is 4.95. The van der Waals surface area contributed by atoms with E-state index in [-0.39, 0.29) is 0 Å². The minimum Gasteiger partial charge on any atom is -0.317 e. The minimum atomic E-state index is 0.579. The Labute approximate surface area is 84.2 Å². The minimum absolute atomic E-state index is 0.579. The topological polar surface area (TPSA) is 12.0 Å². The average Bonchev–Trinajstić information content (AvgIpc) is 2.73. The summed E-state index contributed by atoms with van der Waals surface area (Å²) in [7, 11) is 2.07. The molecule has 0 spiro atoms. The molecule has 1 atom stereocenters. The fraction of sp³-hybridized carbons (Fsp3) is 0.636. The van der Waals surface area contributed by atoms with Crippen LogP contribution in [0.1, 0.15) is 25.3 Å². The molecule has 0 saturated heterocycles. The summed E-state index contributed by atoms with van der Waals surface area (Å²) in [6.07, 6.45) is 4.05. The quantitative estimate of drug-likeness (QED) is 0.779. The van der Waals surface area contributed by atoms with Crippen LogP contribution in [0.3, 0.4) is 0 Å². The maximum Gasteiger partial charge on any atom is 0.00953 e. The molecule has 0 radical (unpaired) electrons. The van der Waals surface area contributed by atoms with Gasteiger partial charge < -0.3 is 5.32 Å². The Kier molecular flexibility index (Phi) is 2.43. The molecular weight excluding hydrogens is 178 g/mol. The maximum absolute atomic E-state index is 3.38. The van der Waals surface area contributed by atoms with E-state index >= 15 is 0 Å². The Hall–Kier alpha value is -0.340. The van der Waals surface area contributed by atoms with Crippen LogP contribution in [0.4, 0.5) is 0 Å². The van der Waals surface area contributed by atoms with Crippen LogP contribution in [0.15, 0.2) is 16.8 Å². The van der Waals surface area contributed by atoms with Gasteiger partial charge in [-0.2, -0.15) is 11.3 Å². The van der Waals surface area contributed by atoms with Crippen molar-refractivity contribution in [3.63, 3.8) is 0 Å². The van der Waals surface area contributed by atoms with Gasteiger partial charge in [-0.25, -0.2) is 0 Å². The summed E-state index contributed by atoms with van der Waals surface area (Å²) in [4.78, 5) is 0. The Morgan fingerprint density at radius 1 is 1.62 bits per heavy atom. The molecule has 2 heteroatoms. The van der Waals surface area contributed by atoms with E-state index in [9.17, 15) is 0 Å². The van der Waals surface area contributed by atoms with Gasteiger partial charge in [0, 0.05) is 6.04 Å². The summed E-state index contributed by atoms with van der Waals surface area (Å²) in [5, 5.41) is 7.84. The predicted molar refractivity (Wildman–Crippen MR) is 58.2 cm³/mol. The van der Waals surface area contributed by atoms with Crippen LogP contribution in [0.25, 0.3) is 0 Å². The normalized spacial score (nSPS) is 21.4. The molecule has 1 aromatic heterocycles. The summed E-state index contributed by atoms with van der Waals surface area (Å²) >= 11 is 1.81. The monoisotopic (exact) mass is 195 g/mol. The lowest BCUT2D eigenvalue weighted by Crippen LogP contribution is -2.33. The number of hydrogen-bond acceptors (Lipinski definition) is 2. The van der Waals surface area contributed by atoms with Crippen LogP contribution in [-0.2, 0) is 6.42 Å². The van der Waals surface area contributed by atoms with Gasteiger partial charge in [0.2, 0.25) is 0 Å². The standard InChI is InChI=1S/C11H17NS/c1-9(12-2)11(4-5-11)7-10-3-6-13-8-10/h3,6,8-9,12H,4-5,7H2,1-2H3. The van der Waals surface area contributed by atoms with Crippen molar-refractivity contribution in [2.75, 3.05) is 7.05 Å². The second kappa shape index (κ2) is 3.43. The van der Waals surface area contributed by atoms with Crippen LogP contribution in [0.5, 0.6) is 0 Å². The van der Waals surface area contributed by atoms with Crippen molar-refractivity contribution >= 4 is 11.3 Å². The zero-order valence-electron chi connectivity index (χ0n) is 8.34. The number of hydrogen-bond donors (Lipinski definition) is 1. The van der Waals surface area contributed by atoms with E-state index < -0.39 is 0 Å². The highest BCUT2D eigenvalue weighted by atomic mass is 32.1. The molecule has 13 heavy (non-hydrogen) atoms. The van der Waals surface area contributed by atoms with Crippen molar-refractivity contribution in [2.45, 2.75) is 32.2 Å². The van der Waals surface area contributed by atoms with Crippen molar-refractivity contribution in [1.82, 2.24) is 5.32 Å². The zero-order valence-corrected chi connectivity index (χ0v) is 9.16. The second-order valence-corrected chi connectivity index (χ2v) is 4.96. The van der Waals surface area contributed by atoms with Gasteiger partial charge in [-0.05, 0) is 61.0 Å². The van der Waals surface area contributed by atoms with Crippen molar-refractivity contribution in [2.24, 2.45) is 5.41 Å². The van der Waals surface area contributed by atoms with Crippen LogP contribution in [-0.4, -0.2) is 13.1 Å². The third-order valence-electron chi connectivity index (χ3n) is 3.38. The molecule has 0 amide bonds. The van der Waals surface area contributed by atoms with E-state index in [0.29, 0.717) is 11.5 Å². The van der Waals surface area contributed by atoms with Gasteiger partial charge in [0.1, 0.15) is 0 Å². The van der Waals surface area contributed by atoms with Crippen molar-refractivity contribution < 1.29 is 0 Å². The van der Waals surface area contributed by atoms with Gasteiger partial charge in [-0.15, -0.1) is 0 Å². The van der Waals surface area contributed by atoms with E-state index in [0.717, 1.165) is 0 Å². The van der Waals surface area contributed by atoms with Gasteiger partial charge in [0.15, 0.2) is 0 Å². The highest BCUT2D eigenvalue weighted by Gasteiger charge is 2.46. The molecule has 0 aromatic carbocycles. The van der Waals surface area contributed by atoms with Crippen LogP contribution >= 0.6 is 11.3 Å². The Bertz CT molecular complexity index is 262. The Morgan fingerprint density at radius 2 is 2.38 bits per heavy atom. The lowest BCUT2D eigenvalue weighted by molar-refractivity contribution is 0.370. The van der Waals surface area contributed by atoms with Gasteiger partial charge >= 0.3 is 0 Å². The molecule has 0 bridgehead atoms. The molecule has 1 fully saturated rings. The summed E-state index contributed by atoms with van der Waals surface area (Å²) in [6, 6.07) is 2.92. The molecule has 1 nitrogen and oxygen atoms in total. The molecule has 1 aliphatic rings. The summed E-state index contributed by atoms with van der Waals surface area (Å²) < 4.78 is 0. The lowest BCUT2D eigenvalue weighted by Gasteiger charge is -2.22. The zero-order chi connectivity index (χ0) is 9.31. The van der Waals surface area contributed by atoms with E-state index in [1.807, 2.05) is 0 Å². The van der Waals surface area contributed by atoms with Gasteiger partial charge in [-0.1, -0.05) is 0 Å². The van der Waals surface area contributed by atoms with Crippen molar-refractivity contribution in [1.29, 1.82) is 0 Å². The molecule has 1 N–H and O–H groups in total. The van der Waals surface area contributed by atoms with Crippen LogP contribution < -0.4 is 5.32 Å². The molecule has 2 rings (SSSR count). The largest absolute Gasteiger partial charge is 0.317 e. The summed E-state index contributed by atoms with van der Waals surface area (Å²) in [5.41, 5.74) is 2.10. The Morgan fingerprint density at radius 3 is 2.85 bits per heavy atom. The SMILES string of the molecule is CNC(C)C1(Cc2ccsc2)CC1. The molecular formula is C11H17NS. The first-order chi connectivity index (χ1) is 6.27. The smallest absolute Gasteiger partial charge is 0.00953 e. The van der Waals surface area contributed by atoms with Gasteiger partial charge in [0.05, 0.1) is 0 Å². The Balaban J connectivity index is 2.01. The highest BCUT2D eigenvalue weighted by molar-refractivity contribution is 7.07. The lowest BCUT2D eigenvalue weighted by atomic mass is 9.91. The molecule has 1 aliphatic carbocycles. The maximum atomic E-state index is 3.38. The van der Waals surface area contributed by atoms with Crippen LogP contribution in [0, 0.1) is 5.41 Å². The van der Waals surface area contributed by atoms with Gasteiger partial charge in [-0.3, -0.25) is 0 Å². The summed E-state index contributed by atoms with van der Waals surface area (Å²) in [5.74, 6) is 0. The van der Waals surface area contributed by atoms with Crippen molar-refractivity contribution in [3.8, 4) is 0 Å². The van der Waals surface area contributed by atoms with Crippen LogP contribution in [0.2, 0.25) is 0 Å². The first-order valence-corrected chi connectivity index (χ1v) is 5.89. The highest BCUT2D eigenvalue weighted by Crippen LogP contribution is 2.51. The third kappa shape index (κ3) is 1.79. The third-order valence-corrected chi connectivity index (χ3v) is 4.11. The molecule has 1 aromatic rings. The predicted octanol–water partition coefficient (Wildman–Crippen LogP) is 2.68.